The molecule has 13 nitrogen and oxygen atoms in total. The topological polar surface area (TPSA) is 163 Å². The van der Waals surface area contributed by atoms with Gasteiger partial charge in [-0.3, -0.25) is 13.7 Å². The van der Waals surface area contributed by atoms with E-state index in [-0.39, 0.29) is 21.7 Å². The summed E-state index contributed by atoms with van der Waals surface area (Å²) in [4.78, 5) is 0. The monoisotopic (exact) mass is 860 g/mol. The maximum atomic E-state index is 12.3. The van der Waals surface area contributed by atoms with Crippen molar-refractivity contribution in [3.05, 3.63) is 109 Å². The molecule has 0 bridgehead atoms. The first-order valence-corrected chi connectivity index (χ1v) is 22.5. The molecule has 0 heterocycles. The third-order valence-electron chi connectivity index (χ3n) is 6.74. The van der Waals surface area contributed by atoms with Crippen LogP contribution in [0.2, 0.25) is 0 Å². The molecular formula is C38H63N4O9P3Ti. The Kier molecular flexibility index (Phi) is 29.6. The minimum Gasteiger partial charge on any atom is -0.668 e. The van der Waals surface area contributed by atoms with E-state index in [0.29, 0.717) is 56.7 Å². The van der Waals surface area contributed by atoms with Gasteiger partial charge in [0.25, 0.3) is 23.2 Å². The van der Waals surface area contributed by atoms with Crippen LogP contribution in [-0.4, -0.2) is 53.7 Å². The van der Waals surface area contributed by atoms with Gasteiger partial charge in [-0.15, -0.1) is 17.1 Å². The summed E-state index contributed by atoms with van der Waals surface area (Å²) < 4.78 is 67.7. The Morgan fingerprint density at radius 1 is 0.400 bits per heavy atom. The normalized spacial score (nSPS) is 11.0. The van der Waals surface area contributed by atoms with Crippen molar-refractivity contribution in [1.29, 1.82) is 0 Å². The molecule has 0 aliphatic carbocycles. The first kappa shape index (κ1) is 55.3. The van der Waals surface area contributed by atoms with Crippen LogP contribution in [0.15, 0.2) is 54.6 Å². The fraction of sp³-hybridized carbons (Fsp3) is 0.526. The molecule has 0 radical (unpaired) electrons. The molecule has 3 aromatic carbocycles. The standard InChI is InChI=1S/3C12H19NO3P.C2H6N.Ti/c3*1-5-15-17(14,16-6-2)13-12-10(3)8-7-9-11(12)4;1-3-2;/h3*7-9H,5-6H2,1-4H3;1-2H3;/q4*-1;+4. The molecule has 0 fully saturated rings. The molecule has 0 saturated heterocycles. The Balaban J connectivity index is 0. The van der Waals surface area contributed by atoms with Crippen molar-refractivity contribution in [3.8, 4) is 0 Å². The van der Waals surface area contributed by atoms with Gasteiger partial charge >= 0.3 is 21.7 Å². The Labute approximate surface area is 346 Å². The van der Waals surface area contributed by atoms with Crippen molar-refractivity contribution in [2.24, 2.45) is 0 Å². The molecule has 0 saturated carbocycles. The predicted molar refractivity (Wildman–Crippen MR) is 225 cm³/mol. The summed E-state index contributed by atoms with van der Waals surface area (Å²) in [5, 5.41) is 16.0. The molecule has 0 unspecified atom stereocenters. The third kappa shape index (κ3) is 21.0. The molecule has 17 heteroatoms. The van der Waals surface area contributed by atoms with Gasteiger partial charge in [-0.2, -0.15) is 14.1 Å². The molecule has 55 heavy (non-hydrogen) atoms. The average Bonchev–Trinajstić information content (AvgIpc) is 3.08. The van der Waals surface area contributed by atoms with Crippen LogP contribution in [-0.2, 0) is 62.6 Å². The van der Waals surface area contributed by atoms with Crippen LogP contribution < -0.4 is 0 Å². The number of hydrogen-bond donors (Lipinski definition) is 0. The third-order valence-corrected chi connectivity index (χ3v) is 11.6. The number of rotatable bonds is 18. The van der Waals surface area contributed by atoms with Gasteiger partial charge in [-0.1, -0.05) is 88.0 Å². The van der Waals surface area contributed by atoms with Gasteiger partial charge in [0.05, 0.1) is 39.6 Å². The zero-order valence-corrected chi connectivity index (χ0v) is 39.5. The summed E-state index contributed by atoms with van der Waals surface area (Å²) >= 11 is 0. The SMILES string of the molecule is CCOP(=O)([N-]c1c(C)cccc1C)OCC.CCOP(=O)([N-]c1c(C)cccc1C)OCC.CCOP(=O)([N-]c1c(C)cccc1C)OCC.C[N-]C.[Ti+4]. The molecular weight excluding hydrogens is 797 g/mol. The predicted octanol–water partition coefficient (Wildman–Crippen LogP) is 14.1. The number of benzene rings is 3. The Morgan fingerprint density at radius 3 is 0.673 bits per heavy atom. The van der Waals surface area contributed by atoms with Crippen LogP contribution >= 0.6 is 23.2 Å². The largest absolute Gasteiger partial charge is 4.00 e. The zero-order valence-electron chi connectivity index (χ0n) is 35.2. The fourth-order valence-corrected chi connectivity index (χ4v) is 8.73. The second-order valence-electron chi connectivity index (χ2n) is 11.4. The van der Waals surface area contributed by atoms with Crippen LogP contribution in [0.1, 0.15) is 74.9 Å². The smallest absolute Gasteiger partial charge is 0.668 e. The molecule has 0 N–H and O–H groups in total. The molecule has 3 rings (SSSR count). The summed E-state index contributed by atoms with van der Waals surface area (Å²) in [6.45, 7) is 24.0. The van der Waals surface area contributed by atoms with Crippen molar-refractivity contribution in [2.45, 2.75) is 83.1 Å². The first-order valence-electron chi connectivity index (χ1n) is 18.0. The summed E-state index contributed by atoms with van der Waals surface area (Å²) in [6, 6.07) is 17.4. The maximum Gasteiger partial charge on any atom is 4.00 e. The second kappa shape index (κ2) is 29.4. The molecule has 0 aromatic heterocycles. The van der Waals surface area contributed by atoms with Crippen molar-refractivity contribution in [1.82, 2.24) is 0 Å². The van der Waals surface area contributed by atoms with E-state index in [2.05, 4.69) is 20.6 Å². The van der Waals surface area contributed by atoms with E-state index in [9.17, 15) is 13.7 Å². The molecule has 3 aromatic rings. The quantitative estimate of drug-likeness (QED) is 0.0894. The molecule has 0 spiro atoms. The van der Waals surface area contributed by atoms with Gasteiger partial charge < -0.3 is 47.7 Å². The summed E-state index contributed by atoms with van der Waals surface area (Å²) in [5.41, 5.74) is 7.85. The van der Waals surface area contributed by atoms with Gasteiger partial charge in [0.2, 0.25) is 0 Å². The van der Waals surface area contributed by atoms with Crippen molar-refractivity contribution in [3.63, 3.8) is 0 Å². The second-order valence-corrected chi connectivity index (χ2v) is 16.3. The number of hydrogen-bond acceptors (Lipinski definition) is 9. The van der Waals surface area contributed by atoms with Crippen LogP contribution in [0, 0.1) is 41.5 Å². The van der Waals surface area contributed by atoms with E-state index in [1.54, 1.807) is 55.6 Å². The van der Waals surface area contributed by atoms with Gasteiger partial charge in [-0.25, -0.2) is 0 Å². The molecule has 308 valence electrons. The van der Waals surface area contributed by atoms with E-state index < -0.39 is 23.2 Å². The van der Waals surface area contributed by atoms with E-state index in [4.69, 9.17) is 27.1 Å². The Hall–Kier alpha value is -1.82. The average molecular weight is 861 g/mol. The zero-order chi connectivity index (χ0) is 41.4. The summed E-state index contributed by atoms with van der Waals surface area (Å²) in [7, 11) is -6.61. The van der Waals surface area contributed by atoms with Gasteiger partial charge in [0.15, 0.2) is 0 Å². The number of aryl methyl sites for hydroxylation is 6. The Bertz CT molecular complexity index is 1390. The van der Waals surface area contributed by atoms with Crippen molar-refractivity contribution in [2.75, 3.05) is 53.7 Å². The first-order chi connectivity index (χ1) is 25.5. The van der Waals surface area contributed by atoms with Crippen LogP contribution in [0.4, 0.5) is 17.1 Å². The van der Waals surface area contributed by atoms with Crippen LogP contribution in [0.5, 0.6) is 0 Å². The van der Waals surface area contributed by atoms with Crippen molar-refractivity contribution >= 4 is 40.3 Å². The minimum absolute atomic E-state index is 0. The Morgan fingerprint density at radius 2 is 0.545 bits per heavy atom. The minimum atomic E-state index is -3.37. The molecule has 0 atom stereocenters. The van der Waals surface area contributed by atoms with Crippen LogP contribution in [0.3, 0.4) is 0 Å². The molecule has 0 amide bonds. The van der Waals surface area contributed by atoms with E-state index >= 15 is 0 Å². The van der Waals surface area contributed by atoms with Gasteiger partial charge in [0, 0.05) is 0 Å². The van der Waals surface area contributed by atoms with Gasteiger partial charge in [0.1, 0.15) is 0 Å². The van der Waals surface area contributed by atoms with E-state index in [0.717, 1.165) is 33.4 Å². The summed E-state index contributed by atoms with van der Waals surface area (Å²) in [6.07, 6.45) is 0. The summed E-state index contributed by atoms with van der Waals surface area (Å²) in [5.74, 6) is 0. The van der Waals surface area contributed by atoms with Crippen LogP contribution in [0.25, 0.3) is 20.6 Å². The molecule has 0 aliphatic heterocycles. The molecule has 0 aliphatic rings. The number of nitrogens with zero attached hydrogens (tertiary/aromatic N) is 4. The fourth-order valence-electron chi connectivity index (χ4n) is 4.52. The van der Waals surface area contributed by atoms with Gasteiger partial charge in [-0.05, 0) is 83.1 Å². The van der Waals surface area contributed by atoms with Crippen molar-refractivity contribution < 1.29 is 62.6 Å². The maximum absolute atomic E-state index is 12.3. The van der Waals surface area contributed by atoms with E-state index in [1.165, 1.54) is 0 Å². The van der Waals surface area contributed by atoms with E-state index in [1.807, 2.05) is 96.1 Å².